The molecule has 0 spiro atoms. The molecule has 7 heteroatoms. The second kappa shape index (κ2) is 7.38. The smallest absolute Gasteiger partial charge is 0.209 e. The SMILES string of the molecule is CC(C)CC(N)C(CO)Sc1nnnn1C1CCCC1. The Labute approximate surface area is 124 Å². The maximum Gasteiger partial charge on any atom is 0.209 e. The number of aliphatic hydroxyl groups excluding tert-OH is 1. The number of hydrogen-bond acceptors (Lipinski definition) is 6. The third-order valence-electron chi connectivity index (χ3n) is 3.79. The highest BCUT2D eigenvalue weighted by molar-refractivity contribution is 7.99. The summed E-state index contributed by atoms with van der Waals surface area (Å²) >= 11 is 1.51. The van der Waals surface area contributed by atoms with Crippen LogP contribution in [0.2, 0.25) is 0 Å². The Balaban J connectivity index is 2.02. The average molecular weight is 299 g/mol. The van der Waals surface area contributed by atoms with Crippen molar-refractivity contribution < 1.29 is 5.11 Å². The number of aliphatic hydroxyl groups is 1. The van der Waals surface area contributed by atoms with Gasteiger partial charge in [0.25, 0.3) is 0 Å². The summed E-state index contributed by atoms with van der Waals surface area (Å²) in [7, 11) is 0. The Morgan fingerprint density at radius 3 is 2.70 bits per heavy atom. The first-order valence-electron chi connectivity index (χ1n) is 7.42. The van der Waals surface area contributed by atoms with E-state index in [2.05, 4.69) is 29.4 Å². The Kier molecular flexibility index (Phi) is 5.80. The van der Waals surface area contributed by atoms with E-state index in [-0.39, 0.29) is 17.9 Å². The quantitative estimate of drug-likeness (QED) is 0.744. The predicted molar refractivity (Wildman–Crippen MR) is 79.5 cm³/mol. The van der Waals surface area contributed by atoms with Gasteiger partial charge in [0, 0.05) is 6.04 Å². The minimum absolute atomic E-state index is 0.0428. The number of nitrogens with zero attached hydrogens (tertiary/aromatic N) is 4. The molecule has 0 saturated heterocycles. The molecule has 1 fully saturated rings. The van der Waals surface area contributed by atoms with E-state index in [0.717, 1.165) is 24.4 Å². The van der Waals surface area contributed by atoms with Crippen LogP contribution in [0.3, 0.4) is 0 Å². The van der Waals surface area contributed by atoms with Crippen LogP contribution >= 0.6 is 11.8 Å². The molecule has 0 amide bonds. The standard InChI is InChI=1S/C13H25N5OS/c1-9(2)7-11(14)12(8-19)20-13-15-16-17-18(13)10-5-3-4-6-10/h9-12,19H,3-8,14H2,1-2H3. The van der Waals surface area contributed by atoms with Gasteiger partial charge in [0.05, 0.1) is 17.9 Å². The van der Waals surface area contributed by atoms with E-state index in [1.165, 1.54) is 24.6 Å². The zero-order valence-corrected chi connectivity index (χ0v) is 13.1. The molecular formula is C13H25N5OS. The van der Waals surface area contributed by atoms with Gasteiger partial charge in [0.2, 0.25) is 5.16 Å². The van der Waals surface area contributed by atoms with Gasteiger partial charge >= 0.3 is 0 Å². The summed E-state index contributed by atoms with van der Waals surface area (Å²) < 4.78 is 1.92. The maximum absolute atomic E-state index is 9.59. The summed E-state index contributed by atoms with van der Waals surface area (Å²) in [5.41, 5.74) is 6.19. The lowest BCUT2D eigenvalue weighted by atomic mass is 10.0. The van der Waals surface area contributed by atoms with Crippen LogP contribution < -0.4 is 5.73 Å². The molecule has 2 rings (SSSR count). The summed E-state index contributed by atoms with van der Waals surface area (Å²) in [6.07, 6.45) is 5.65. The van der Waals surface area contributed by atoms with Crippen molar-refractivity contribution in [2.24, 2.45) is 11.7 Å². The van der Waals surface area contributed by atoms with E-state index in [1.807, 2.05) is 4.68 Å². The largest absolute Gasteiger partial charge is 0.395 e. The van der Waals surface area contributed by atoms with Crippen molar-refractivity contribution in [1.29, 1.82) is 0 Å². The summed E-state index contributed by atoms with van der Waals surface area (Å²) in [6.45, 7) is 4.33. The molecule has 3 N–H and O–H groups in total. The summed E-state index contributed by atoms with van der Waals surface area (Å²) in [5, 5.41) is 22.3. The van der Waals surface area contributed by atoms with Crippen LogP contribution in [0.15, 0.2) is 5.16 Å². The van der Waals surface area contributed by atoms with Gasteiger partial charge in [-0.15, -0.1) is 5.10 Å². The van der Waals surface area contributed by atoms with Crippen molar-refractivity contribution in [2.75, 3.05) is 6.61 Å². The molecule has 1 aromatic rings. The van der Waals surface area contributed by atoms with Crippen LogP contribution in [0.25, 0.3) is 0 Å². The number of hydrogen-bond donors (Lipinski definition) is 2. The van der Waals surface area contributed by atoms with Crippen molar-refractivity contribution in [2.45, 2.75) is 68.4 Å². The summed E-state index contributed by atoms with van der Waals surface area (Å²) in [5.74, 6) is 0.519. The van der Waals surface area contributed by atoms with E-state index < -0.39 is 0 Å². The monoisotopic (exact) mass is 299 g/mol. The molecule has 0 aliphatic heterocycles. The van der Waals surface area contributed by atoms with Crippen LogP contribution in [0.1, 0.15) is 52.0 Å². The third kappa shape index (κ3) is 3.93. The van der Waals surface area contributed by atoms with Crippen molar-refractivity contribution in [3.63, 3.8) is 0 Å². The van der Waals surface area contributed by atoms with Gasteiger partial charge in [-0.25, -0.2) is 4.68 Å². The fraction of sp³-hybridized carbons (Fsp3) is 0.923. The highest BCUT2D eigenvalue weighted by Gasteiger charge is 2.26. The second-order valence-corrected chi connectivity index (χ2v) is 7.18. The minimum atomic E-state index is -0.0523. The van der Waals surface area contributed by atoms with Crippen molar-refractivity contribution in [3.05, 3.63) is 0 Å². The van der Waals surface area contributed by atoms with E-state index in [0.29, 0.717) is 12.0 Å². The molecule has 0 aromatic carbocycles. The van der Waals surface area contributed by atoms with Crippen LogP contribution in [-0.2, 0) is 0 Å². The highest BCUT2D eigenvalue weighted by atomic mass is 32.2. The zero-order valence-electron chi connectivity index (χ0n) is 12.3. The molecule has 0 bridgehead atoms. The van der Waals surface area contributed by atoms with E-state index in [4.69, 9.17) is 5.73 Å². The van der Waals surface area contributed by atoms with E-state index >= 15 is 0 Å². The van der Waals surface area contributed by atoms with Gasteiger partial charge in [0.1, 0.15) is 0 Å². The molecule has 1 heterocycles. The summed E-state index contributed by atoms with van der Waals surface area (Å²) in [6, 6.07) is 0.367. The number of thioether (sulfide) groups is 1. The average Bonchev–Trinajstić information content (AvgIpc) is 3.05. The van der Waals surface area contributed by atoms with Crippen molar-refractivity contribution in [3.8, 4) is 0 Å². The second-order valence-electron chi connectivity index (χ2n) is 5.98. The normalized spacial score (nSPS) is 19.6. The van der Waals surface area contributed by atoms with Crippen LogP contribution in [0.5, 0.6) is 0 Å². The molecular weight excluding hydrogens is 274 g/mol. The Hall–Kier alpha value is -0.660. The first-order valence-corrected chi connectivity index (χ1v) is 8.30. The van der Waals surface area contributed by atoms with Gasteiger partial charge < -0.3 is 10.8 Å². The van der Waals surface area contributed by atoms with E-state index in [9.17, 15) is 5.11 Å². The molecule has 0 radical (unpaired) electrons. The predicted octanol–water partition coefficient (Wildman–Crippen LogP) is 1.61. The van der Waals surface area contributed by atoms with Crippen LogP contribution in [0, 0.1) is 5.92 Å². The number of aromatic nitrogens is 4. The molecule has 1 aliphatic rings. The molecule has 20 heavy (non-hydrogen) atoms. The fourth-order valence-electron chi connectivity index (χ4n) is 2.73. The van der Waals surface area contributed by atoms with Gasteiger partial charge in [-0.2, -0.15) is 0 Å². The Morgan fingerprint density at radius 1 is 1.40 bits per heavy atom. The molecule has 1 saturated carbocycles. The van der Waals surface area contributed by atoms with Gasteiger partial charge in [-0.05, 0) is 35.6 Å². The molecule has 6 nitrogen and oxygen atoms in total. The van der Waals surface area contributed by atoms with E-state index in [1.54, 1.807) is 0 Å². The fourth-order valence-corrected chi connectivity index (χ4v) is 3.74. The summed E-state index contributed by atoms with van der Waals surface area (Å²) in [4.78, 5) is 0. The first kappa shape index (κ1) is 15.7. The molecule has 114 valence electrons. The van der Waals surface area contributed by atoms with Gasteiger partial charge in [-0.3, -0.25) is 0 Å². The topological polar surface area (TPSA) is 89.8 Å². The lowest BCUT2D eigenvalue weighted by molar-refractivity contribution is 0.274. The number of tetrazole rings is 1. The highest BCUT2D eigenvalue weighted by Crippen LogP contribution is 2.33. The third-order valence-corrected chi connectivity index (χ3v) is 5.07. The van der Waals surface area contributed by atoms with Gasteiger partial charge in [0.15, 0.2) is 0 Å². The number of nitrogens with two attached hydrogens (primary N) is 1. The van der Waals surface area contributed by atoms with Gasteiger partial charge in [-0.1, -0.05) is 38.5 Å². The van der Waals surface area contributed by atoms with Crippen molar-refractivity contribution in [1.82, 2.24) is 20.2 Å². The Bertz CT molecular complexity index is 405. The Morgan fingerprint density at radius 2 is 2.10 bits per heavy atom. The zero-order chi connectivity index (χ0) is 14.5. The minimum Gasteiger partial charge on any atom is -0.395 e. The molecule has 2 unspecified atom stereocenters. The number of rotatable bonds is 7. The molecule has 1 aliphatic carbocycles. The molecule has 1 aromatic heterocycles. The van der Waals surface area contributed by atoms with Crippen LogP contribution in [-0.4, -0.2) is 43.2 Å². The lowest BCUT2D eigenvalue weighted by Gasteiger charge is -2.23. The first-order chi connectivity index (χ1) is 9.61. The lowest BCUT2D eigenvalue weighted by Crippen LogP contribution is -2.36. The van der Waals surface area contributed by atoms with Crippen LogP contribution in [0.4, 0.5) is 0 Å². The maximum atomic E-state index is 9.59. The van der Waals surface area contributed by atoms with Crippen molar-refractivity contribution >= 4 is 11.8 Å². The molecule has 2 atom stereocenters.